The van der Waals surface area contributed by atoms with Crippen molar-refractivity contribution in [1.29, 1.82) is 5.26 Å². The zero-order valence-corrected chi connectivity index (χ0v) is 14.8. The number of esters is 1. The number of hydrogen-bond acceptors (Lipinski definition) is 6. The van der Waals surface area contributed by atoms with E-state index in [1.165, 1.54) is 29.2 Å². The SMILES string of the molecule is CS(=O)(=O)c1ccccc1C(=O)OCC(=O)N(CC#N)c1ccccc1. The maximum absolute atomic E-state index is 12.3. The molecule has 0 aliphatic carbocycles. The molecular formula is C18H16N2O5S. The number of amides is 1. The summed E-state index contributed by atoms with van der Waals surface area (Å²) in [5.41, 5.74) is 0.348. The molecule has 0 atom stereocenters. The average molecular weight is 372 g/mol. The lowest BCUT2D eigenvalue weighted by Gasteiger charge is -2.19. The summed E-state index contributed by atoms with van der Waals surface area (Å²) in [5, 5.41) is 8.91. The first-order chi connectivity index (χ1) is 12.3. The van der Waals surface area contributed by atoms with Gasteiger partial charge in [-0.2, -0.15) is 5.26 Å². The molecule has 0 fully saturated rings. The fourth-order valence-electron chi connectivity index (χ4n) is 2.24. The minimum absolute atomic E-state index is 0.144. The fourth-order valence-corrected chi connectivity index (χ4v) is 3.12. The molecule has 134 valence electrons. The molecule has 0 bridgehead atoms. The molecule has 0 saturated heterocycles. The zero-order chi connectivity index (χ0) is 19.2. The Hall–Kier alpha value is -3.18. The van der Waals surface area contributed by atoms with E-state index in [2.05, 4.69) is 0 Å². The summed E-state index contributed by atoms with van der Waals surface area (Å²) in [6, 6.07) is 16.0. The Morgan fingerprint density at radius 2 is 1.69 bits per heavy atom. The van der Waals surface area contributed by atoms with Gasteiger partial charge in [0.15, 0.2) is 16.4 Å². The average Bonchev–Trinajstić information content (AvgIpc) is 2.64. The highest BCUT2D eigenvalue weighted by molar-refractivity contribution is 7.90. The first-order valence-electron chi connectivity index (χ1n) is 7.53. The quantitative estimate of drug-likeness (QED) is 0.566. The third-order valence-electron chi connectivity index (χ3n) is 3.43. The summed E-state index contributed by atoms with van der Waals surface area (Å²) in [6.45, 7) is -0.826. The molecule has 0 aliphatic heterocycles. The van der Waals surface area contributed by atoms with E-state index < -0.39 is 28.3 Å². The predicted octanol–water partition coefficient (Wildman–Crippen LogP) is 1.80. The van der Waals surface area contributed by atoms with Crippen LogP contribution in [0.4, 0.5) is 5.69 Å². The Labute approximate surface area is 151 Å². The number of para-hydroxylation sites is 1. The van der Waals surface area contributed by atoms with Crippen molar-refractivity contribution in [2.75, 3.05) is 24.3 Å². The number of nitriles is 1. The highest BCUT2D eigenvalue weighted by atomic mass is 32.2. The van der Waals surface area contributed by atoms with Crippen molar-refractivity contribution >= 4 is 27.4 Å². The second-order valence-corrected chi connectivity index (χ2v) is 7.30. The van der Waals surface area contributed by atoms with Crippen LogP contribution in [0.25, 0.3) is 0 Å². The minimum Gasteiger partial charge on any atom is -0.452 e. The lowest BCUT2D eigenvalue weighted by atomic mass is 10.2. The van der Waals surface area contributed by atoms with Crippen molar-refractivity contribution in [3.63, 3.8) is 0 Å². The van der Waals surface area contributed by atoms with Crippen LogP contribution < -0.4 is 4.90 Å². The largest absolute Gasteiger partial charge is 0.452 e. The molecule has 8 heteroatoms. The van der Waals surface area contributed by atoms with Crippen molar-refractivity contribution in [3.05, 3.63) is 60.2 Å². The summed E-state index contributed by atoms with van der Waals surface area (Å²) < 4.78 is 28.5. The Morgan fingerprint density at radius 1 is 1.08 bits per heavy atom. The summed E-state index contributed by atoms with van der Waals surface area (Å²) in [6.07, 6.45) is 0.980. The maximum atomic E-state index is 12.3. The van der Waals surface area contributed by atoms with Crippen LogP contribution in [-0.2, 0) is 19.4 Å². The monoisotopic (exact) mass is 372 g/mol. The van der Waals surface area contributed by atoms with Crippen LogP contribution in [0.2, 0.25) is 0 Å². The van der Waals surface area contributed by atoms with Gasteiger partial charge in [-0.1, -0.05) is 30.3 Å². The predicted molar refractivity (Wildman–Crippen MR) is 94.2 cm³/mol. The number of rotatable bonds is 6. The molecule has 7 nitrogen and oxygen atoms in total. The van der Waals surface area contributed by atoms with E-state index in [9.17, 15) is 18.0 Å². The van der Waals surface area contributed by atoms with Crippen molar-refractivity contribution in [1.82, 2.24) is 0 Å². The second kappa shape index (κ2) is 8.27. The topological polar surface area (TPSA) is 105 Å². The van der Waals surface area contributed by atoms with Gasteiger partial charge in [0.1, 0.15) is 6.54 Å². The van der Waals surface area contributed by atoms with Crippen LogP contribution in [0, 0.1) is 11.3 Å². The van der Waals surface area contributed by atoms with Crippen molar-refractivity contribution in [2.45, 2.75) is 4.90 Å². The molecule has 0 aliphatic rings. The third-order valence-corrected chi connectivity index (χ3v) is 4.59. The Bertz CT molecular complexity index is 949. The molecule has 0 heterocycles. The molecule has 0 aromatic heterocycles. The molecule has 26 heavy (non-hydrogen) atoms. The molecule has 0 unspecified atom stereocenters. The summed E-state index contributed by atoms with van der Waals surface area (Å²) in [4.78, 5) is 25.5. The van der Waals surface area contributed by atoms with E-state index in [-0.39, 0.29) is 17.0 Å². The van der Waals surface area contributed by atoms with Gasteiger partial charge in [0.2, 0.25) is 0 Å². The van der Waals surface area contributed by atoms with Gasteiger partial charge in [-0.15, -0.1) is 0 Å². The molecule has 0 saturated carbocycles. The third kappa shape index (κ3) is 4.68. The zero-order valence-electron chi connectivity index (χ0n) is 14.0. The number of ether oxygens (including phenoxy) is 1. The number of benzene rings is 2. The first kappa shape index (κ1) is 19.1. The van der Waals surface area contributed by atoms with Gasteiger partial charge in [-0.25, -0.2) is 13.2 Å². The van der Waals surface area contributed by atoms with Gasteiger partial charge in [0, 0.05) is 11.9 Å². The summed E-state index contributed by atoms with van der Waals surface area (Å²) >= 11 is 0. The lowest BCUT2D eigenvalue weighted by Crippen LogP contribution is -2.35. The molecule has 0 N–H and O–H groups in total. The molecule has 0 spiro atoms. The Morgan fingerprint density at radius 3 is 2.31 bits per heavy atom. The number of nitrogens with zero attached hydrogens (tertiary/aromatic N) is 2. The van der Waals surface area contributed by atoms with Gasteiger partial charge < -0.3 is 4.74 Å². The van der Waals surface area contributed by atoms with Crippen LogP contribution in [0.5, 0.6) is 0 Å². The van der Waals surface area contributed by atoms with Crippen LogP contribution >= 0.6 is 0 Å². The van der Waals surface area contributed by atoms with Crippen molar-refractivity contribution in [3.8, 4) is 6.07 Å². The Kier molecular flexibility index (Phi) is 6.09. The van der Waals surface area contributed by atoms with E-state index in [1.54, 1.807) is 30.3 Å². The number of anilines is 1. The van der Waals surface area contributed by atoms with Gasteiger partial charge >= 0.3 is 5.97 Å². The summed E-state index contributed by atoms with van der Waals surface area (Å²) in [5.74, 6) is -1.52. The molecule has 2 aromatic carbocycles. The highest BCUT2D eigenvalue weighted by Gasteiger charge is 2.22. The summed E-state index contributed by atoms with van der Waals surface area (Å²) in [7, 11) is -3.62. The molecule has 2 aromatic rings. The number of hydrogen-bond donors (Lipinski definition) is 0. The highest BCUT2D eigenvalue weighted by Crippen LogP contribution is 2.17. The minimum atomic E-state index is -3.62. The first-order valence-corrected chi connectivity index (χ1v) is 9.42. The second-order valence-electron chi connectivity index (χ2n) is 5.32. The normalized spacial score (nSPS) is 10.6. The molecule has 2 rings (SSSR count). The Balaban J connectivity index is 2.14. The molecule has 1 amide bonds. The van der Waals surface area contributed by atoms with E-state index in [4.69, 9.17) is 10.00 Å². The van der Waals surface area contributed by atoms with Crippen LogP contribution in [-0.4, -0.2) is 39.7 Å². The van der Waals surface area contributed by atoms with Crippen molar-refractivity contribution < 1.29 is 22.7 Å². The van der Waals surface area contributed by atoms with Crippen molar-refractivity contribution in [2.24, 2.45) is 0 Å². The van der Waals surface area contributed by atoms with E-state index >= 15 is 0 Å². The van der Waals surface area contributed by atoms with E-state index in [0.29, 0.717) is 5.69 Å². The maximum Gasteiger partial charge on any atom is 0.339 e. The number of sulfone groups is 1. The number of carbonyl (C=O) groups is 2. The number of carbonyl (C=O) groups excluding carboxylic acids is 2. The van der Waals surface area contributed by atoms with Crippen LogP contribution in [0.15, 0.2) is 59.5 Å². The van der Waals surface area contributed by atoms with Crippen LogP contribution in [0.1, 0.15) is 10.4 Å². The smallest absolute Gasteiger partial charge is 0.339 e. The van der Waals surface area contributed by atoms with Crippen LogP contribution in [0.3, 0.4) is 0 Å². The lowest BCUT2D eigenvalue weighted by molar-refractivity contribution is -0.121. The van der Waals surface area contributed by atoms with E-state index in [1.807, 2.05) is 6.07 Å². The fraction of sp³-hybridized carbons (Fsp3) is 0.167. The van der Waals surface area contributed by atoms with E-state index in [0.717, 1.165) is 6.26 Å². The van der Waals surface area contributed by atoms with Gasteiger partial charge in [0.25, 0.3) is 5.91 Å². The molecule has 0 radical (unpaired) electrons. The molecular weight excluding hydrogens is 356 g/mol. The van der Waals surface area contributed by atoms with Gasteiger partial charge in [0.05, 0.1) is 16.5 Å². The van der Waals surface area contributed by atoms with Gasteiger partial charge in [-0.05, 0) is 24.3 Å². The standard InChI is InChI=1S/C18H16N2O5S/c1-26(23,24)16-10-6-5-9-15(16)18(22)25-13-17(21)20(12-11-19)14-7-3-2-4-8-14/h2-10H,12-13H2,1H3. The van der Waals surface area contributed by atoms with Gasteiger partial charge in [-0.3, -0.25) is 9.69 Å².